The van der Waals surface area contributed by atoms with Crippen LogP contribution >= 0.6 is 0 Å². The van der Waals surface area contributed by atoms with Gasteiger partial charge in [0.15, 0.2) is 5.82 Å². The van der Waals surface area contributed by atoms with Gasteiger partial charge in [0, 0.05) is 30.7 Å². The van der Waals surface area contributed by atoms with E-state index < -0.39 is 10.7 Å². The number of unbranched alkanes of at least 4 members (excludes halogenated alkanes) is 1. The number of hydrogen-bond acceptors (Lipinski definition) is 6. The average molecular weight is 391 g/mol. The first-order chi connectivity index (χ1) is 13.1. The standard InChI is InChI=1S/C19H26N4O3S/c1-2-3-9-16-22-17-18(14-7-4-5-8-15(14)21-19(17)20)23(16)10-12-26-11-6-13-27(24)25/h4-5,7-8,27H,2-3,6,9-13H2,1H3,(H2,20,21). The van der Waals surface area contributed by atoms with Gasteiger partial charge in [0.05, 0.1) is 17.6 Å². The third kappa shape index (κ3) is 4.56. The van der Waals surface area contributed by atoms with Crippen molar-refractivity contribution in [3.63, 3.8) is 0 Å². The Bertz CT molecular complexity index is 989. The molecule has 8 heteroatoms. The normalized spacial score (nSPS) is 11.8. The van der Waals surface area contributed by atoms with E-state index in [1.54, 1.807) is 0 Å². The first-order valence-corrected chi connectivity index (χ1v) is 10.7. The highest BCUT2D eigenvalue weighted by atomic mass is 32.2. The molecular formula is C19H26N4O3S. The Morgan fingerprint density at radius 1 is 1.15 bits per heavy atom. The van der Waals surface area contributed by atoms with Gasteiger partial charge < -0.3 is 15.0 Å². The average Bonchev–Trinajstić information content (AvgIpc) is 3.02. The maximum atomic E-state index is 10.6. The van der Waals surface area contributed by atoms with Gasteiger partial charge in [0.25, 0.3) is 0 Å². The summed E-state index contributed by atoms with van der Waals surface area (Å²) in [6, 6.07) is 7.93. The zero-order chi connectivity index (χ0) is 19.2. The molecule has 3 aromatic rings. The number of hydrogen-bond donors (Lipinski definition) is 2. The number of imidazole rings is 1. The van der Waals surface area contributed by atoms with Crippen LogP contribution in [0.15, 0.2) is 24.3 Å². The minimum Gasteiger partial charge on any atom is -0.382 e. The van der Waals surface area contributed by atoms with E-state index in [1.165, 1.54) is 0 Å². The Morgan fingerprint density at radius 2 is 1.96 bits per heavy atom. The van der Waals surface area contributed by atoms with Crippen LogP contribution in [0.2, 0.25) is 0 Å². The molecule has 0 amide bonds. The van der Waals surface area contributed by atoms with Crippen LogP contribution in [0, 0.1) is 0 Å². The van der Waals surface area contributed by atoms with Gasteiger partial charge >= 0.3 is 0 Å². The van der Waals surface area contributed by atoms with Gasteiger partial charge in [0.1, 0.15) is 22.0 Å². The largest absolute Gasteiger partial charge is 0.382 e. The molecule has 2 aromatic heterocycles. The van der Waals surface area contributed by atoms with Crippen LogP contribution in [0.25, 0.3) is 21.9 Å². The molecule has 0 radical (unpaired) electrons. The molecule has 7 nitrogen and oxygen atoms in total. The fourth-order valence-electron chi connectivity index (χ4n) is 3.23. The molecule has 2 N–H and O–H groups in total. The van der Waals surface area contributed by atoms with Crippen molar-refractivity contribution in [3.05, 3.63) is 30.1 Å². The summed E-state index contributed by atoms with van der Waals surface area (Å²) in [7, 11) is -2.33. The van der Waals surface area contributed by atoms with Crippen molar-refractivity contribution >= 4 is 38.5 Å². The highest BCUT2D eigenvalue weighted by molar-refractivity contribution is 7.72. The molecule has 0 aliphatic rings. The number of rotatable bonds is 10. The van der Waals surface area contributed by atoms with E-state index in [9.17, 15) is 8.42 Å². The number of ether oxygens (including phenoxy) is 1. The fraction of sp³-hybridized carbons (Fsp3) is 0.474. The van der Waals surface area contributed by atoms with E-state index in [2.05, 4.69) is 16.5 Å². The van der Waals surface area contributed by atoms with Crippen molar-refractivity contribution < 1.29 is 13.2 Å². The quantitative estimate of drug-likeness (QED) is 0.408. The number of para-hydroxylation sites is 1. The zero-order valence-corrected chi connectivity index (χ0v) is 16.5. The smallest absolute Gasteiger partial charge is 0.152 e. The maximum Gasteiger partial charge on any atom is 0.152 e. The molecule has 0 aliphatic heterocycles. The van der Waals surface area contributed by atoms with Crippen molar-refractivity contribution in [2.45, 2.75) is 39.2 Å². The maximum absolute atomic E-state index is 10.6. The number of pyridine rings is 1. The van der Waals surface area contributed by atoms with E-state index >= 15 is 0 Å². The number of nitrogen functional groups attached to an aromatic ring is 1. The molecule has 27 heavy (non-hydrogen) atoms. The Labute approximate surface area is 160 Å². The van der Waals surface area contributed by atoms with Crippen LogP contribution in [-0.2, 0) is 28.4 Å². The van der Waals surface area contributed by atoms with E-state index in [0.29, 0.717) is 32.0 Å². The SMILES string of the molecule is CCCCc1nc2c(N)nc3ccccc3c2n1CCOCCC[SH](=O)=O. The molecule has 2 heterocycles. The number of fused-ring (bicyclic) bond motifs is 3. The van der Waals surface area contributed by atoms with Crippen molar-refractivity contribution in [2.24, 2.45) is 0 Å². The summed E-state index contributed by atoms with van der Waals surface area (Å²) in [5.74, 6) is 1.60. The van der Waals surface area contributed by atoms with Crippen LogP contribution in [0.4, 0.5) is 5.82 Å². The Morgan fingerprint density at radius 3 is 2.74 bits per heavy atom. The Hall–Kier alpha value is -2.19. The third-order valence-corrected chi connectivity index (χ3v) is 5.21. The molecule has 0 unspecified atom stereocenters. The fourth-order valence-corrected chi connectivity index (χ4v) is 3.61. The molecule has 146 valence electrons. The number of anilines is 1. The molecule has 0 saturated heterocycles. The minimum atomic E-state index is -2.33. The van der Waals surface area contributed by atoms with Crippen LogP contribution in [0.5, 0.6) is 0 Å². The highest BCUT2D eigenvalue weighted by Crippen LogP contribution is 2.29. The second kappa shape index (κ2) is 9.14. The topological polar surface area (TPSA) is 100 Å². The molecule has 0 aliphatic carbocycles. The zero-order valence-electron chi connectivity index (χ0n) is 15.6. The first-order valence-electron chi connectivity index (χ1n) is 9.34. The van der Waals surface area contributed by atoms with Gasteiger partial charge in [0.2, 0.25) is 0 Å². The molecule has 0 bridgehead atoms. The van der Waals surface area contributed by atoms with Crippen molar-refractivity contribution in [2.75, 3.05) is 24.7 Å². The number of nitrogens with two attached hydrogens (primary N) is 1. The number of aryl methyl sites for hydroxylation is 1. The Balaban J connectivity index is 1.90. The number of nitrogens with zero attached hydrogens (tertiary/aromatic N) is 3. The van der Waals surface area contributed by atoms with Gasteiger partial charge in [-0.3, -0.25) is 0 Å². The lowest BCUT2D eigenvalue weighted by Crippen LogP contribution is -2.11. The summed E-state index contributed by atoms with van der Waals surface area (Å²) in [4.78, 5) is 9.27. The predicted octanol–water partition coefficient (Wildman–Crippen LogP) is 2.53. The summed E-state index contributed by atoms with van der Waals surface area (Å²) in [6.45, 7) is 3.73. The molecule has 3 rings (SSSR count). The lowest BCUT2D eigenvalue weighted by Gasteiger charge is -2.11. The summed E-state index contributed by atoms with van der Waals surface area (Å²) in [5, 5.41) is 1.03. The molecule has 0 fully saturated rings. The van der Waals surface area contributed by atoms with Crippen LogP contribution in [-0.4, -0.2) is 41.9 Å². The molecule has 0 atom stereocenters. The van der Waals surface area contributed by atoms with Crippen LogP contribution < -0.4 is 5.73 Å². The molecule has 1 aromatic carbocycles. The second-order valence-corrected chi connectivity index (χ2v) is 7.63. The Kier molecular flexibility index (Phi) is 6.63. The van der Waals surface area contributed by atoms with Gasteiger partial charge in [-0.1, -0.05) is 31.5 Å². The number of benzene rings is 1. The van der Waals surface area contributed by atoms with Gasteiger partial charge in [-0.25, -0.2) is 18.4 Å². The van der Waals surface area contributed by atoms with Crippen molar-refractivity contribution in [1.82, 2.24) is 14.5 Å². The van der Waals surface area contributed by atoms with E-state index in [-0.39, 0.29) is 5.75 Å². The van der Waals surface area contributed by atoms with Crippen LogP contribution in [0.1, 0.15) is 32.0 Å². The van der Waals surface area contributed by atoms with Crippen LogP contribution in [0.3, 0.4) is 0 Å². The summed E-state index contributed by atoms with van der Waals surface area (Å²) in [6.07, 6.45) is 3.52. The van der Waals surface area contributed by atoms with Gasteiger partial charge in [-0.15, -0.1) is 0 Å². The van der Waals surface area contributed by atoms with Gasteiger partial charge in [-0.2, -0.15) is 0 Å². The highest BCUT2D eigenvalue weighted by Gasteiger charge is 2.16. The molecule has 0 saturated carbocycles. The predicted molar refractivity (Wildman–Crippen MR) is 109 cm³/mol. The lowest BCUT2D eigenvalue weighted by atomic mass is 10.2. The van der Waals surface area contributed by atoms with Gasteiger partial charge in [-0.05, 0) is 18.9 Å². The lowest BCUT2D eigenvalue weighted by molar-refractivity contribution is 0.127. The number of aromatic nitrogens is 3. The second-order valence-electron chi connectivity index (χ2n) is 6.52. The van der Waals surface area contributed by atoms with E-state index in [0.717, 1.165) is 47.0 Å². The molecule has 0 spiro atoms. The molecular weight excluding hydrogens is 364 g/mol. The van der Waals surface area contributed by atoms with Crippen molar-refractivity contribution in [1.29, 1.82) is 0 Å². The third-order valence-electron chi connectivity index (χ3n) is 4.53. The monoisotopic (exact) mass is 390 g/mol. The van der Waals surface area contributed by atoms with E-state index in [4.69, 9.17) is 15.5 Å². The summed E-state index contributed by atoms with van der Waals surface area (Å²) < 4.78 is 29.1. The van der Waals surface area contributed by atoms with Crippen molar-refractivity contribution in [3.8, 4) is 0 Å². The van der Waals surface area contributed by atoms with E-state index in [1.807, 2.05) is 24.3 Å². The summed E-state index contributed by atoms with van der Waals surface area (Å²) in [5.41, 5.74) is 8.77. The first kappa shape index (κ1) is 19.6. The summed E-state index contributed by atoms with van der Waals surface area (Å²) >= 11 is 0. The number of thiol groups is 1. The minimum absolute atomic E-state index is 0.165.